The van der Waals surface area contributed by atoms with Gasteiger partial charge in [-0.05, 0) is 43.0 Å². The van der Waals surface area contributed by atoms with Crippen LogP contribution in [-0.2, 0) is 6.54 Å². The minimum Gasteiger partial charge on any atom is -0.334 e. The zero-order chi connectivity index (χ0) is 16.2. The van der Waals surface area contributed by atoms with Gasteiger partial charge in [-0.2, -0.15) is 5.10 Å². The van der Waals surface area contributed by atoms with Crippen LogP contribution >= 0.6 is 11.6 Å². The third-order valence-electron chi connectivity index (χ3n) is 4.24. The smallest absolute Gasteiger partial charge is 0.317 e. The highest BCUT2D eigenvalue weighted by Gasteiger charge is 2.25. The van der Waals surface area contributed by atoms with Crippen LogP contribution in [0.1, 0.15) is 30.0 Å². The van der Waals surface area contributed by atoms with Gasteiger partial charge in [0.2, 0.25) is 0 Å². The molecule has 2 aromatic rings. The van der Waals surface area contributed by atoms with E-state index in [2.05, 4.69) is 15.4 Å². The predicted molar refractivity (Wildman–Crippen MR) is 88.3 cm³/mol. The molecule has 0 unspecified atom stereocenters. The number of benzene rings is 1. The Balaban J connectivity index is 1.58. The number of aromatic nitrogens is 3. The van der Waals surface area contributed by atoms with Gasteiger partial charge < -0.3 is 10.2 Å². The van der Waals surface area contributed by atoms with Crippen molar-refractivity contribution in [3.63, 3.8) is 0 Å². The lowest BCUT2D eigenvalue weighted by molar-refractivity contribution is 0.163. The maximum absolute atomic E-state index is 12.4. The molecule has 23 heavy (non-hydrogen) atoms. The van der Waals surface area contributed by atoms with Crippen LogP contribution in [0, 0.1) is 6.92 Å². The Morgan fingerprint density at radius 2 is 2.35 bits per heavy atom. The van der Waals surface area contributed by atoms with E-state index in [0.29, 0.717) is 18.1 Å². The van der Waals surface area contributed by atoms with E-state index in [1.807, 2.05) is 34.7 Å². The second-order valence-electron chi connectivity index (χ2n) is 5.85. The van der Waals surface area contributed by atoms with Crippen molar-refractivity contribution in [1.82, 2.24) is 25.0 Å². The molecule has 7 heteroatoms. The van der Waals surface area contributed by atoms with Gasteiger partial charge in [0, 0.05) is 24.7 Å². The molecule has 2 amide bonds. The summed E-state index contributed by atoms with van der Waals surface area (Å²) < 4.78 is 1.83. The van der Waals surface area contributed by atoms with Crippen molar-refractivity contribution in [3.8, 4) is 0 Å². The highest BCUT2D eigenvalue weighted by Crippen LogP contribution is 2.20. The van der Waals surface area contributed by atoms with Crippen LogP contribution in [0.25, 0.3) is 0 Å². The summed E-state index contributed by atoms with van der Waals surface area (Å²) in [5, 5.41) is 7.85. The molecule has 1 saturated heterocycles. The van der Waals surface area contributed by atoms with Crippen molar-refractivity contribution in [2.45, 2.75) is 32.4 Å². The van der Waals surface area contributed by atoms with Crippen LogP contribution in [-0.4, -0.2) is 38.8 Å². The fourth-order valence-electron chi connectivity index (χ4n) is 2.87. The zero-order valence-corrected chi connectivity index (χ0v) is 13.8. The van der Waals surface area contributed by atoms with Crippen LogP contribution in [0.3, 0.4) is 0 Å². The first-order valence-electron chi connectivity index (χ1n) is 7.75. The van der Waals surface area contributed by atoms with E-state index in [1.165, 1.54) is 6.33 Å². The van der Waals surface area contributed by atoms with Gasteiger partial charge >= 0.3 is 6.03 Å². The van der Waals surface area contributed by atoms with E-state index in [1.54, 1.807) is 6.33 Å². The first-order chi connectivity index (χ1) is 11.1. The fourth-order valence-corrected chi connectivity index (χ4v) is 3.07. The van der Waals surface area contributed by atoms with Crippen molar-refractivity contribution in [1.29, 1.82) is 0 Å². The molecule has 0 radical (unpaired) electrons. The number of urea groups is 1. The highest BCUT2D eigenvalue weighted by molar-refractivity contribution is 6.30. The van der Waals surface area contributed by atoms with E-state index in [0.717, 1.165) is 30.5 Å². The van der Waals surface area contributed by atoms with Crippen molar-refractivity contribution >= 4 is 17.6 Å². The lowest BCUT2D eigenvalue weighted by Crippen LogP contribution is -2.45. The van der Waals surface area contributed by atoms with Crippen LogP contribution in [0.4, 0.5) is 4.79 Å². The van der Waals surface area contributed by atoms with Crippen LogP contribution < -0.4 is 5.32 Å². The topological polar surface area (TPSA) is 63.1 Å². The molecule has 1 aliphatic heterocycles. The average Bonchev–Trinajstić information content (AvgIpc) is 3.10. The maximum atomic E-state index is 12.4. The van der Waals surface area contributed by atoms with E-state index in [-0.39, 0.29) is 12.1 Å². The standard InChI is InChI=1S/C16H20ClN5O/c1-12-4-5-14(17)7-13(12)8-19-16(23)21-6-2-3-15(9-21)22-11-18-10-20-22/h4-5,7,10-11,15H,2-3,6,8-9H2,1H3,(H,19,23)/t15-/m0/s1. The Morgan fingerprint density at radius 1 is 1.48 bits per heavy atom. The molecule has 1 aliphatic rings. The number of likely N-dealkylation sites (tertiary alicyclic amines) is 1. The van der Waals surface area contributed by atoms with Gasteiger partial charge in [0.25, 0.3) is 0 Å². The van der Waals surface area contributed by atoms with Gasteiger partial charge in [-0.1, -0.05) is 17.7 Å². The molecular weight excluding hydrogens is 314 g/mol. The molecule has 0 spiro atoms. The summed E-state index contributed by atoms with van der Waals surface area (Å²) in [5.41, 5.74) is 2.16. The van der Waals surface area contributed by atoms with Gasteiger partial charge in [0.15, 0.2) is 0 Å². The van der Waals surface area contributed by atoms with E-state index in [4.69, 9.17) is 11.6 Å². The van der Waals surface area contributed by atoms with Gasteiger partial charge in [-0.25, -0.2) is 14.5 Å². The lowest BCUT2D eigenvalue weighted by atomic mass is 10.1. The first-order valence-corrected chi connectivity index (χ1v) is 8.13. The van der Waals surface area contributed by atoms with E-state index >= 15 is 0 Å². The summed E-state index contributed by atoms with van der Waals surface area (Å²) in [4.78, 5) is 18.2. The Morgan fingerprint density at radius 3 is 3.13 bits per heavy atom. The third-order valence-corrected chi connectivity index (χ3v) is 4.47. The molecule has 6 nitrogen and oxygen atoms in total. The number of piperidine rings is 1. The second kappa shape index (κ2) is 7.00. The number of nitrogens with one attached hydrogen (secondary N) is 1. The number of carbonyl (C=O) groups is 1. The van der Waals surface area contributed by atoms with Crippen molar-refractivity contribution in [2.24, 2.45) is 0 Å². The Hall–Kier alpha value is -2.08. The van der Waals surface area contributed by atoms with Crippen LogP contribution in [0.5, 0.6) is 0 Å². The first kappa shape index (κ1) is 15.8. The molecule has 0 saturated carbocycles. The Kier molecular flexibility index (Phi) is 4.81. The fraction of sp³-hybridized carbons (Fsp3) is 0.438. The van der Waals surface area contributed by atoms with E-state index < -0.39 is 0 Å². The minimum atomic E-state index is -0.0470. The molecule has 122 valence electrons. The normalized spacial score (nSPS) is 18.0. The molecule has 1 aromatic heterocycles. The summed E-state index contributed by atoms with van der Waals surface area (Å²) in [6.07, 6.45) is 5.22. The summed E-state index contributed by atoms with van der Waals surface area (Å²) in [7, 11) is 0. The van der Waals surface area contributed by atoms with Crippen molar-refractivity contribution in [2.75, 3.05) is 13.1 Å². The Bertz CT molecular complexity index is 673. The average molecular weight is 334 g/mol. The minimum absolute atomic E-state index is 0.0470. The number of hydrogen-bond donors (Lipinski definition) is 1. The van der Waals surface area contributed by atoms with E-state index in [9.17, 15) is 4.79 Å². The largest absolute Gasteiger partial charge is 0.334 e. The highest BCUT2D eigenvalue weighted by atomic mass is 35.5. The van der Waals surface area contributed by atoms with Gasteiger partial charge in [-0.3, -0.25) is 0 Å². The molecule has 1 fully saturated rings. The SMILES string of the molecule is Cc1ccc(Cl)cc1CNC(=O)N1CCC[C@H](n2cncn2)C1. The Labute approximate surface area is 140 Å². The second-order valence-corrected chi connectivity index (χ2v) is 6.28. The number of carbonyl (C=O) groups excluding carboxylic acids is 1. The molecule has 0 aliphatic carbocycles. The van der Waals surface area contributed by atoms with Gasteiger partial charge in [-0.15, -0.1) is 0 Å². The number of halogens is 1. The monoisotopic (exact) mass is 333 g/mol. The molecule has 1 atom stereocenters. The summed E-state index contributed by atoms with van der Waals surface area (Å²) in [6.45, 7) is 3.92. The maximum Gasteiger partial charge on any atom is 0.317 e. The van der Waals surface area contributed by atoms with Crippen LogP contribution in [0.15, 0.2) is 30.9 Å². The zero-order valence-electron chi connectivity index (χ0n) is 13.1. The molecule has 1 aromatic carbocycles. The summed E-state index contributed by atoms with van der Waals surface area (Å²) in [5.74, 6) is 0. The molecule has 1 N–H and O–H groups in total. The van der Waals surface area contributed by atoms with Gasteiger partial charge in [0.1, 0.15) is 12.7 Å². The molecule has 2 heterocycles. The summed E-state index contributed by atoms with van der Waals surface area (Å²) in [6, 6.07) is 5.87. The number of rotatable bonds is 3. The number of aryl methyl sites for hydroxylation is 1. The molecule has 3 rings (SSSR count). The lowest BCUT2D eigenvalue weighted by Gasteiger charge is -2.32. The number of nitrogens with zero attached hydrogens (tertiary/aromatic N) is 4. The van der Waals surface area contributed by atoms with Crippen molar-refractivity contribution in [3.05, 3.63) is 47.0 Å². The number of amides is 2. The summed E-state index contributed by atoms with van der Waals surface area (Å²) >= 11 is 6.02. The quantitative estimate of drug-likeness (QED) is 0.939. The third kappa shape index (κ3) is 3.82. The number of hydrogen-bond acceptors (Lipinski definition) is 3. The molecular formula is C16H20ClN5O. The predicted octanol–water partition coefficient (Wildman–Crippen LogP) is 2.79. The van der Waals surface area contributed by atoms with Crippen molar-refractivity contribution < 1.29 is 4.79 Å². The van der Waals surface area contributed by atoms with Crippen LogP contribution in [0.2, 0.25) is 5.02 Å². The molecule has 0 bridgehead atoms. The van der Waals surface area contributed by atoms with Gasteiger partial charge in [0.05, 0.1) is 6.04 Å².